The molecule has 120 valence electrons. The third-order valence-corrected chi connectivity index (χ3v) is 3.87. The Balaban J connectivity index is 2.20. The molecule has 0 atom stereocenters. The first-order chi connectivity index (χ1) is 10.9. The monoisotopic (exact) mass is 371 g/mol. The van der Waals surface area contributed by atoms with E-state index in [4.69, 9.17) is 40.2 Å². The number of anilines is 2. The fraction of sp³-hybridized carbons (Fsp3) is 0.0714. The number of nitrogens with one attached hydrogen (secondary N) is 2. The Morgan fingerprint density at radius 2 is 1.91 bits per heavy atom. The maximum atomic E-state index is 11.1. The van der Waals surface area contributed by atoms with E-state index in [-0.39, 0.29) is 16.5 Å². The smallest absolute Gasteiger partial charge is 0.296 e. The van der Waals surface area contributed by atoms with Gasteiger partial charge in [-0.1, -0.05) is 29.3 Å². The van der Waals surface area contributed by atoms with Crippen molar-refractivity contribution in [3.05, 3.63) is 56.6 Å². The molecule has 0 saturated heterocycles. The number of thiocarbonyl (C=S) groups is 1. The van der Waals surface area contributed by atoms with Crippen molar-refractivity contribution in [3.8, 4) is 5.75 Å². The Hall–Kier alpha value is -2.09. The summed E-state index contributed by atoms with van der Waals surface area (Å²) in [5.41, 5.74) is 0.560. The van der Waals surface area contributed by atoms with E-state index in [1.807, 2.05) is 0 Å². The van der Waals surface area contributed by atoms with Crippen LogP contribution in [0.25, 0.3) is 0 Å². The fourth-order valence-electron chi connectivity index (χ4n) is 1.77. The highest BCUT2D eigenvalue weighted by atomic mass is 35.5. The zero-order chi connectivity index (χ0) is 17.0. The number of benzene rings is 2. The van der Waals surface area contributed by atoms with E-state index in [9.17, 15) is 10.1 Å². The zero-order valence-electron chi connectivity index (χ0n) is 11.8. The number of nitro groups is 1. The van der Waals surface area contributed by atoms with Crippen molar-refractivity contribution < 1.29 is 9.66 Å². The topological polar surface area (TPSA) is 76.4 Å². The number of hydrogen-bond donors (Lipinski definition) is 2. The Bertz CT molecular complexity index is 771. The van der Waals surface area contributed by atoms with Crippen molar-refractivity contribution in [1.29, 1.82) is 0 Å². The van der Waals surface area contributed by atoms with Crippen molar-refractivity contribution in [1.82, 2.24) is 0 Å². The van der Waals surface area contributed by atoms with Crippen molar-refractivity contribution in [2.45, 2.75) is 0 Å². The van der Waals surface area contributed by atoms with E-state index in [0.717, 1.165) is 0 Å². The van der Waals surface area contributed by atoms with Gasteiger partial charge in [0.05, 0.1) is 33.8 Å². The van der Waals surface area contributed by atoms with Crippen molar-refractivity contribution in [2.75, 3.05) is 17.7 Å². The molecule has 6 nitrogen and oxygen atoms in total. The van der Waals surface area contributed by atoms with E-state index in [0.29, 0.717) is 21.5 Å². The van der Waals surface area contributed by atoms with Gasteiger partial charge in [0.15, 0.2) is 5.11 Å². The molecule has 0 spiro atoms. The molecular weight excluding hydrogens is 361 g/mol. The summed E-state index contributed by atoms with van der Waals surface area (Å²) in [6.45, 7) is 0. The Morgan fingerprint density at radius 3 is 2.57 bits per heavy atom. The summed E-state index contributed by atoms with van der Waals surface area (Å²) < 4.78 is 4.98. The molecule has 0 heterocycles. The number of methoxy groups -OCH3 is 1. The van der Waals surface area contributed by atoms with Crippen LogP contribution in [0, 0.1) is 10.1 Å². The van der Waals surface area contributed by atoms with Gasteiger partial charge in [-0.3, -0.25) is 10.1 Å². The van der Waals surface area contributed by atoms with Crippen LogP contribution in [-0.2, 0) is 0 Å². The molecule has 23 heavy (non-hydrogen) atoms. The highest BCUT2D eigenvalue weighted by molar-refractivity contribution is 7.80. The molecule has 0 aromatic heterocycles. The lowest BCUT2D eigenvalue weighted by Crippen LogP contribution is -2.20. The van der Waals surface area contributed by atoms with Crippen molar-refractivity contribution in [2.24, 2.45) is 0 Å². The third-order valence-electron chi connectivity index (χ3n) is 2.85. The predicted octanol–water partition coefficient (Wildman–Crippen LogP) is 4.72. The van der Waals surface area contributed by atoms with E-state index in [1.54, 1.807) is 24.3 Å². The fourth-order valence-corrected chi connectivity index (χ4v) is 2.34. The number of halogens is 2. The standard InChI is InChI=1S/C14H11Cl2N3O3S/c1-22-8-5-6-10(12(7-8)19(20)21)17-14(23)18-11-4-2-3-9(15)13(11)16/h2-7H,1H3,(H2,17,18,23). The van der Waals surface area contributed by atoms with Gasteiger partial charge in [-0.25, -0.2) is 0 Å². The van der Waals surface area contributed by atoms with Gasteiger partial charge in [-0.15, -0.1) is 0 Å². The van der Waals surface area contributed by atoms with E-state index in [1.165, 1.54) is 19.2 Å². The van der Waals surface area contributed by atoms with Crippen LogP contribution in [0.1, 0.15) is 0 Å². The molecule has 2 aromatic carbocycles. The van der Waals surface area contributed by atoms with Gasteiger partial charge in [0.25, 0.3) is 5.69 Å². The first kappa shape index (κ1) is 17.3. The number of nitro benzene ring substituents is 1. The predicted molar refractivity (Wildman–Crippen MR) is 96.0 cm³/mol. The maximum absolute atomic E-state index is 11.1. The molecule has 2 N–H and O–H groups in total. The van der Waals surface area contributed by atoms with Gasteiger partial charge in [-0.05, 0) is 36.5 Å². The molecule has 0 bridgehead atoms. The van der Waals surface area contributed by atoms with Gasteiger partial charge < -0.3 is 15.4 Å². The third kappa shape index (κ3) is 4.22. The number of rotatable bonds is 4. The first-order valence-corrected chi connectivity index (χ1v) is 7.43. The number of hydrogen-bond acceptors (Lipinski definition) is 4. The molecule has 2 rings (SSSR count). The molecule has 0 aliphatic carbocycles. The van der Waals surface area contributed by atoms with Crippen LogP contribution in [0.4, 0.5) is 17.1 Å². The molecule has 0 aliphatic rings. The van der Waals surface area contributed by atoms with Gasteiger partial charge in [0, 0.05) is 0 Å². The Labute approximate surface area is 147 Å². The molecular formula is C14H11Cl2N3O3S. The summed E-state index contributed by atoms with van der Waals surface area (Å²) in [7, 11) is 1.43. The maximum Gasteiger partial charge on any atom is 0.296 e. The molecule has 0 aliphatic heterocycles. The van der Waals surface area contributed by atoms with Gasteiger partial charge >= 0.3 is 0 Å². The SMILES string of the molecule is COc1ccc(NC(=S)Nc2cccc(Cl)c2Cl)c([N+](=O)[O-])c1. The average molecular weight is 372 g/mol. The molecule has 0 fully saturated rings. The first-order valence-electron chi connectivity index (χ1n) is 6.27. The second-order valence-corrected chi connectivity index (χ2v) is 5.51. The molecule has 9 heteroatoms. The van der Waals surface area contributed by atoms with Crippen LogP contribution in [0.15, 0.2) is 36.4 Å². The lowest BCUT2D eigenvalue weighted by atomic mass is 10.2. The Kier molecular flexibility index (Phi) is 5.59. The second-order valence-electron chi connectivity index (χ2n) is 4.32. The quantitative estimate of drug-likeness (QED) is 0.460. The van der Waals surface area contributed by atoms with Crippen LogP contribution >= 0.6 is 35.4 Å². The highest BCUT2D eigenvalue weighted by Gasteiger charge is 2.16. The normalized spacial score (nSPS) is 10.0. The largest absolute Gasteiger partial charge is 0.496 e. The summed E-state index contributed by atoms with van der Waals surface area (Å²) in [6.07, 6.45) is 0. The molecule has 0 saturated carbocycles. The minimum atomic E-state index is -0.528. The van der Waals surface area contributed by atoms with E-state index >= 15 is 0 Å². The van der Waals surface area contributed by atoms with Crippen molar-refractivity contribution in [3.63, 3.8) is 0 Å². The minimum absolute atomic E-state index is 0.141. The number of ether oxygens (including phenoxy) is 1. The lowest BCUT2D eigenvalue weighted by molar-refractivity contribution is -0.384. The summed E-state index contributed by atoms with van der Waals surface area (Å²) in [4.78, 5) is 10.6. The molecule has 0 unspecified atom stereocenters. The van der Waals surface area contributed by atoms with Crippen LogP contribution in [0.3, 0.4) is 0 Å². The molecule has 2 aromatic rings. The summed E-state index contributed by atoms with van der Waals surface area (Å²) in [6, 6.07) is 9.42. The zero-order valence-corrected chi connectivity index (χ0v) is 14.1. The Morgan fingerprint density at radius 1 is 1.22 bits per heavy atom. The average Bonchev–Trinajstić information content (AvgIpc) is 2.52. The van der Waals surface area contributed by atoms with Gasteiger partial charge in [-0.2, -0.15) is 0 Å². The van der Waals surface area contributed by atoms with E-state index in [2.05, 4.69) is 10.6 Å². The van der Waals surface area contributed by atoms with Crippen LogP contribution in [0.2, 0.25) is 10.0 Å². The van der Waals surface area contributed by atoms with Crippen LogP contribution in [-0.4, -0.2) is 17.1 Å². The summed E-state index contributed by atoms with van der Waals surface area (Å²) in [5, 5.41) is 17.6. The summed E-state index contributed by atoms with van der Waals surface area (Å²) >= 11 is 17.1. The van der Waals surface area contributed by atoms with Crippen molar-refractivity contribution >= 4 is 57.6 Å². The number of nitrogens with zero attached hydrogens (tertiary/aromatic N) is 1. The van der Waals surface area contributed by atoms with Gasteiger partial charge in [0.2, 0.25) is 0 Å². The minimum Gasteiger partial charge on any atom is -0.496 e. The molecule has 0 amide bonds. The molecule has 0 radical (unpaired) electrons. The summed E-state index contributed by atoms with van der Waals surface area (Å²) in [5.74, 6) is 0.374. The highest BCUT2D eigenvalue weighted by Crippen LogP contribution is 2.31. The van der Waals surface area contributed by atoms with Crippen LogP contribution < -0.4 is 15.4 Å². The lowest BCUT2D eigenvalue weighted by Gasteiger charge is -2.13. The van der Waals surface area contributed by atoms with Gasteiger partial charge in [0.1, 0.15) is 11.4 Å². The van der Waals surface area contributed by atoms with E-state index < -0.39 is 4.92 Å². The van der Waals surface area contributed by atoms with Crippen LogP contribution in [0.5, 0.6) is 5.75 Å². The second kappa shape index (κ2) is 7.45.